The predicted molar refractivity (Wildman–Crippen MR) is 96.2 cm³/mol. The number of hydrogen-bond acceptors (Lipinski definition) is 2. The zero-order valence-electron chi connectivity index (χ0n) is 14.2. The molecule has 0 heterocycles. The van der Waals surface area contributed by atoms with Gasteiger partial charge in [0.05, 0.1) is 0 Å². The second-order valence-corrected chi connectivity index (χ2v) is 6.39. The molecule has 1 atom stereocenters. The molecule has 2 aromatic rings. The van der Waals surface area contributed by atoms with E-state index in [2.05, 4.69) is 5.32 Å². The minimum absolute atomic E-state index is 0.144. The average molecular weight is 324 g/mol. The van der Waals surface area contributed by atoms with Crippen LogP contribution < -0.4 is 11.1 Å². The van der Waals surface area contributed by atoms with Gasteiger partial charge in [-0.25, -0.2) is 0 Å². The van der Waals surface area contributed by atoms with Crippen molar-refractivity contribution in [2.45, 2.75) is 32.7 Å². The van der Waals surface area contributed by atoms with E-state index in [-0.39, 0.29) is 11.8 Å². The Bertz CT molecular complexity index is 679. The Morgan fingerprint density at radius 3 is 2.08 bits per heavy atom. The van der Waals surface area contributed by atoms with Crippen molar-refractivity contribution >= 4 is 11.8 Å². The predicted octanol–water partition coefficient (Wildman–Crippen LogP) is 2.91. The molecule has 0 spiro atoms. The smallest absolute Gasteiger partial charge is 0.240 e. The van der Waals surface area contributed by atoms with Crippen molar-refractivity contribution < 1.29 is 9.59 Å². The van der Waals surface area contributed by atoms with Gasteiger partial charge < -0.3 is 11.1 Å². The molecule has 0 bridgehead atoms. The highest BCUT2D eigenvalue weighted by Gasteiger charge is 2.19. The van der Waals surface area contributed by atoms with E-state index < -0.39 is 11.9 Å². The number of primary amides is 1. The number of benzene rings is 2. The van der Waals surface area contributed by atoms with E-state index in [4.69, 9.17) is 5.73 Å². The first-order valence-electron chi connectivity index (χ1n) is 8.18. The van der Waals surface area contributed by atoms with Gasteiger partial charge in [0.25, 0.3) is 0 Å². The number of rotatable bonds is 7. The van der Waals surface area contributed by atoms with Crippen molar-refractivity contribution in [3.63, 3.8) is 0 Å². The Morgan fingerprint density at radius 1 is 0.958 bits per heavy atom. The van der Waals surface area contributed by atoms with Crippen LogP contribution in [0.3, 0.4) is 0 Å². The molecule has 2 amide bonds. The summed E-state index contributed by atoms with van der Waals surface area (Å²) in [5, 5.41) is 2.73. The SMILES string of the molecule is CC(C)CC(=O)N[C@@H](Cc1ccc(-c2ccccc2)cc1)C(N)=O. The average Bonchev–Trinajstić information content (AvgIpc) is 2.55. The van der Waals surface area contributed by atoms with E-state index in [0.717, 1.165) is 16.7 Å². The van der Waals surface area contributed by atoms with Crippen molar-refractivity contribution in [2.75, 3.05) is 0 Å². The molecule has 0 radical (unpaired) electrons. The molecule has 2 rings (SSSR count). The lowest BCUT2D eigenvalue weighted by Gasteiger charge is -2.16. The highest BCUT2D eigenvalue weighted by atomic mass is 16.2. The van der Waals surface area contributed by atoms with Crippen LogP contribution >= 0.6 is 0 Å². The summed E-state index contributed by atoms with van der Waals surface area (Å²) in [5.74, 6) is -0.419. The van der Waals surface area contributed by atoms with Crippen LogP contribution in [0.4, 0.5) is 0 Å². The summed E-state index contributed by atoms with van der Waals surface area (Å²) in [6, 6.07) is 17.3. The quantitative estimate of drug-likeness (QED) is 0.822. The summed E-state index contributed by atoms with van der Waals surface area (Å²) in [5.41, 5.74) is 8.64. The molecule has 4 nitrogen and oxygen atoms in total. The topological polar surface area (TPSA) is 72.2 Å². The summed E-state index contributed by atoms with van der Waals surface area (Å²) < 4.78 is 0. The monoisotopic (exact) mass is 324 g/mol. The Morgan fingerprint density at radius 2 is 1.54 bits per heavy atom. The fourth-order valence-electron chi connectivity index (χ4n) is 2.55. The Labute approximate surface area is 143 Å². The Hall–Kier alpha value is -2.62. The van der Waals surface area contributed by atoms with Crippen LogP contribution in [0.5, 0.6) is 0 Å². The molecule has 126 valence electrons. The summed E-state index contributed by atoms with van der Waals surface area (Å²) in [6.45, 7) is 3.92. The van der Waals surface area contributed by atoms with Crippen molar-refractivity contribution in [1.29, 1.82) is 0 Å². The number of hydrogen-bond donors (Lipinski definition) is 2. The molecule has 0 unspecified atom stereocenters. The molecule has 2 aromatic carbocycles. The van der Waals surface area contributed by atoms with Gasteiger partial charge in [-0.3, -0.25) is 9.59 Å². The molecule has 0 aromatic heterocycles. The Kier molecular flexibility index (Phi) is 6.13. The lowest BCUT2D eigenvalue weighted by atomic mass is 10.00. The lowest BCUT2D eigenvalue weighted by Crippen LogP contribution is -2.46. The normalized spacial score (nSPS) is 12.0. The van der Waals surface area contributed by atoms with Crippen LogP contribution in [0.15, 0.2) is 54.6 Å². The molecular formula is C20H24N2O2. The fraction of sp³-hybridized carbons (Fsp3) is 0.300. The molecule has 0 saturated heterocycles. The fourth-order valence-corrected chi connectivity index (χ4v) is 2.55. The highest BCUT2D eigenvalue weighted by Crippen LogP contribution is 2.19. The first kappa shape index (κ1) is 17.7. The first-order chi connectivity index (χ1) is 11.5. The van der Waals surface area contributed by atoms with Crippen molar-refractivity contribution in [3.8, 4) is 11.1 Å². The third-order valence-corrected chi connectivity index (χ3v) is 3.77. The molecule has 24 heavy (non-hydrogen) atoms. The maximum Gasteiger partial charge on any atom is 0.240 e. The van der Waals surface area contributed by atoms with E-state index in [1.807, 2.05) is 68.4 Å². The summed E-state index contributed by atoms with van der Waals surface area (Å²) in [4.78, 5) is 23.5. The van der Waals surface area contributed by atoms with Gasteiger partial charge in [0.15, 0.2) is 0 Å². The highest BCUT2D eigenvalue weighted by molar-refractivity contribution is 5.86. The second-order valence-electron chi connectivity index (χ2n) is 6.39. The number of carbonyl (C=O) groups is 2. The van der Waals surface area contributed by atoms with Gasteiger partial charge in [0.1, 0.15) is 6.04 Å². The molecular weight excluding hydrogens is 300 g/mol. The molecule has 0 aliphatic rings. The van der Waals surface area contributed by atoms with Crippen LogP contribution in [0, 0.1) is 5.92 Å². The van der Waals surface area contributed by atoms with Crippen molar-refractivity contribution in [2.24, 2.45) is 11.7 Å². The standard InChI is InChI=1S/C20H24N2O2/c1-14(2)12-19(23)22-18(20(21)24)13-15-8-10-17(11-9-15)16-6-4-3-5-7-16/h3-11,14,18H,12-13H2,1-2H3,(H2,21,24)(H,22,23)/t18-/m0/s1. The third-order valence-electron chi connectivity index (χ3n) is 3.77. The van der Waals surface area contributed by atoms with Crippen molar-refractivity contribution in [3.05, 3.63) is 60.2 Å². The minimum atomic E-state index is -0.682. The summed E-state index contributed by atoms with van der Waals surface area (Å²) in [6.07, 6.45) is 0.783. The van der Waals surface area contributed by atoms with Gasteiger partial charge in [0.2, 0.25) is 11.8 Å². The molecule has 0 aliphatic heterocycles. The van der Waals surface area contributed by atoms with Gasteiger partial charge in [0, 0.05) is 12.8 Å². The largest absolute Gasteiger partial charge is 0.368 e. The number of nitrogens with one attached hydrogen (secondary N) is 1. The number of carbonyl (C=O) groups excluding carboxylic acids is 2. The number of nitrogens with two attached hydrogens (primary N) is 1. The lowest BCUT2D eigenvalue weighted by molar-refractivity contribution is -0.127. The molecule has 3 N–H and O–H groups in total. The van der Waals surface area contributed by atoms with Crippen LogP contribution in [0.1, 0.15) is 25.8 Å². The van der Waals surface area contributed by atoms with E-state index in [9.17, 15) is 9.59 Å². The second kappa shape index (κ2) is 8.29. The maximum atomic E-state index is 11.9. The first-order valence-corrected chi connectivity index (χ1v) is 8.18. The Balaban J connectivity index is 2.04. The van der Waals surface area contributed by atoms with Gasteiger partial charge >= 0.3 is 0 Å². The van der Waals surface area contributed by atoms with Crippen molar-refractivity contribution in [1.82, 2.24) is 5.32 Å². The van der Waals surface area contributed by atoms with Gasteiger partial charge in [-0.1, -0.05) is 68.4 Å². The summed E-state index contributed by atoms with van der Waals surface area (Å²) in [7, 11) is 0. The van der Waals surface area contributed by atoms with E-state index in [0.29, 0.717) is 12.8 Å². The van der Waals surface area contributed by atoms with Crippen LogP contribution in [0.25, 0.3) is 11.1 Å². The van der Waals surface area contributed by atoms with Crippen LogP contribution in [0.2, 0.25) is 0 Å². The molecule has 0 fully saturated rings. The van der Waals surface area contributed by atoms with E-state index >= 15 is 0 Å². The van der Waals surface area contributed by atoms with Crippen LogP contribution in [-0.2, 0) is 16.0 Å². The summed E-state index contributed by atoms with van der Waals surface area (Å²) >= 11 is 0. The zero-order chi connectivity index (χ0) is 17.5. The molecule has 0 aliphatic carbocycles. The van der Waals surface area contributed by atoms with Gasteiger partial charge in [-0.15, -0.1) is 0 Å². The van der Waals surface area contributed by atoms with Crippen LogP contribution in [-0.4, -0.2) is 17.9 Å². The van der Waals surface area contributed by atoms with E-state index in [1.165, 1.54) is 0 Å². The van der Waals surface area contributed by atoms with Gasteiger partial charge in [-0.2, -0.15) is 0 Å². The zero-order valence-corrected chi connectivity index (χ0v) is 14.2. The molecule has 4 heteroatoms. The van der Waals surface area contributed by atoms with E-state index in [1.54, 1.807) is 0 Å². The van der Waals surface area contributed by atoms with Gasteiger partial charge in [-0.05, 0) is 22.6 Å². The third kappa shape index (κ3) is 5.23. The maximum absolute atomic E-state index is 11.9. The number of amides is 2. The molecule has 0 saturated carbocycles. The minimum Gasteiger partial charge on any atom is -0.368 e.